The summed E-state index contributed by atoms with van der Waals surface area (Å²) in [5.74, 6) is 2.29. The van der Waals surface area contributed by atoms with E-state index in [1.54, 1.807) is 0 Å². The van der Waals surface area contributed by atoms with Gasteiger partial charge in [-0.3, -0.25) is 0 Å². The fourth-order valence-corrected chi connectivity index (χ4v) is 3.99. The minimum Gasteiger partial charge on any atom is -0.226 e. The molecule has 0 fully saturated rings. The van der Waals surface area contributed by atoms with Crippen LogP contribution in [0.5, 0.6) is 0 Å². The van der Waals surface area contributed by atoms with Gasteiger partial charge in [0, 0.05) is 0 Å². The third kappa shape index (κ3) is 4.41. The summed E-state index contributed by atoms with van der Waals surface area (Å²) in [6, 6.07) is 19.4. The molecular weight excluding hydrogens is 312 g/mol. The number of imidazole rings is 1. The molecule has 0 saturated heterocycles. The molecule has 2 nitrogen and oxygen atoms in total. The quantitative estimate of drug-likeness (QED) is 0.382. The molecule has 0 unspecified atom stereocenters. The van der Waals surface area contributed by atoms with E-state index in [2.05, 4.69) is 77.0 Å². The maximum absolute atomic E-state index is 2.39. The van der Waals surface area contributed by atoms with Crippen molar-refractivity contribution in [1.29, 1.82) is 0 Å². The van der Waals surface area contributed by atoms with E-state index in [9.17, 15) is 0 Å². The zero-order valence-electron chi connectivity index (χ0n) is 14.5. The van der Waals surface area contributed by atoms with Gasteiger partial charge in [0.25, 0.3) is 0 Å². The zero-order valence-corrected chi connectivity index (χ0v) is 15.3. The van der Waals surface area contributed by atoms with Crippen LogP contribution in [0.15, 0.2) is 60.9 Å². The average Bonchev–Trinajstić information content (AvgIpc) is 2.97. The van der Waals surface area contributed by atoms with E-state index in [-0.39, 0.29) is 0 Å². The van der Waals surface area contributed by atoms with E-state index < -0.39 is 0 Å². The SMILES string of the molecule is CCCCCCSCn1c[n+](Cc2ccccc2)c2ccccc21. The molecule has 0 spiro atoms. The second-order valence-electron chi connectivity index (χ2n) is 6.29. The van der Waals surface area contributed by atoms with E-state index in [1.807, 2.05) is 11.8 Å². The van der Waals surface area contributed by atoms with E-state index in [0.717, 1.165) is 12.4 Å². The lowest BCUT2D eigenvalue weighted by molar-refractivity contribution is -0.663. The first-order chi connectivity index (χ1) is 11.9. The Hall–Kier alpha value is -1.74. The topological polar surface area (TPSA) is 8.81 Å². The van der Waals surface area contributed by atoms with Crippen molar-refractivity contribution in [3.05, 3.63) is 66.5 Å². The molecule has 0 radical (unpaired) electrons. The molecule has 0 aliphatic carbocycles. The van der Waals surface area contributed by atoms with Gasteiger partial charge in [0.1, 0.15) is 12.4 Å². The lowest BCUT2D eigenvalue weighted by Crippen LogP contribution is -2.32. The third-order valence-electron chi connectivity index (χ3n) is 4.35. The Morgan fingerprint density at radius 1 is 0.917 bits per heavy atom. The van der Waals surface area contributed by atoms with Crippen LogP contribution < -0.4 is 4.57 Å². The van der Waals surface area contributed by atoms with Crippen LogP contribution in [0.25, 0.3) is 11.0 Å². The summed E-state index contributed by atoms with van der Waals surface area (Å²) >= 11 is 2.04. The van der Waals surface area contributed by atoms with Gasteiger partial charge >= 0.3 is 0 Å². The fourth-order valence-electron chi connectivity index (χ4n) is 3.05. The minimum absolute atomic E-state index is 0.926. The van der Waals surface area contributed by atoms with Gasteiger partial charge in [-0.2, -0.15) is 0 Å². The van der Waals surface area contributed by atoms with E-state index in [1.165, 1.54) is 48.0 Å². The highest BCUT2D eigenvalue weighted by Gasteiger charge is 2.15. The highest BCUT2D eigenvalue weighted by Crippen LogP contribution is 2.16. The molecule has 3 heteroatoms. The van der Waals surface area contributed by atoms with Crippen LogP contribution >= 0.6 is 11.8 Å². The maximum Gasteiger partial charge on any atom is 0.245 e. The van der Waals surface area contributed by atoms with Crippen LogP contribution in [-0.4, -0.2) is 10.3 Å². The molecule has 0 bridgehead atoms. The van der Waals surface area contributed by atoms with Crippen LogP contribution in [0.4, 0.5) is 0 Å². The molecule has 0 amide bonds. The Morgan fingerprint density at radius 2 is 1.71 bits per heavy atom. The highest BCUT2D eigenvalue weighted by molar-refractivity contribution is 7.98. The lowest BCUT2D eigenvalue weighted by Gasteiger charge is -1.99. The van der Waals surface area contributed by atoms with Crippen molar-refractivity contribution in [2.24, 2.45) is 0 Å². The Labute approximate surface area is 149 Å². The number of hydrogen-bond acceptors (Lipinski definition) is 1. The first-order valence-corrected chi connectivity index (χ1v) is 10.1. The first-order valence-electron chi connectivity index (χ1n) is 8.97. The lowest BCUT2D eigenvalue weighted by atomic mass is 10.2. The molecular formula is C21H27N2S+. The van der Waals surface area contributed by atoms with Gasteiger partial charge in [-0.25, -0.2) is 9.13 Å². The molecule has 126 valence electrons. The van der Waals surface area contributed by atoms with Crippen molar-refractivity contribution in [3.8, 4) is 0 Å². The number of hydrogen-bond donors (Lipinski definition) is 0. The number of unbranched alkanes of at least 4 members (excludes halogenated alkanes) is 3. The van der Waals surface area contributed by atoms with Crippen molar-refractivity contribution >= 4 is 22.8 Å². The van der Waals surface area contributed by atoms with Crippen LogP contribution in [-0.2, 0) is 12.4 Å². The Kier molecular flexibility index (Phi) is 6.36. The molecule has 0 aliphatic rings. The van der Waals surface area contributed by atoms with Crippen molar-refractivity contribution in [2.75, 3.05) is 5.75 Å². The van der Waals surface area contributed by atoms with Crippen LogP contribution in [0.1, 0.15) is 38.2 Å². The zero-order chi connectivity index (χ0) is 16.6. The van der Waals surface area contributed by atoms with Gasteiger partial charge in [-0.1, -0.05) is 68.7 Å². The smallest absolute Gasteiger partial charge is 0.226 e. The van der Waals surface area contributed by atoms with Gasteiger partial charge in [-0.15, -0.1) is 11.8 Å². The Bertz CT molecular complexity index is 749. The summed E-state index contributed by atoms with van der Waals surface area (Å²) in [7, 11) is 0. The van der Waals surface area contributed by atoms with Gasteiger partial charge in [-0.05, 0) is 29.9 Å². The third-order valence-corrected chi connectivity index (χ3v) is 5.39. The number of aromatic nitrogens is 2. The summed E-state index contributed by atoms with van der Waals surface area (Å²) in [4.78, 5) is 0. The van der Waals surface area contributed by atoms with Crippen molar-refractivity contribution < 1.29 is 4.57 Å². The average molecular weight is 340 g/mol. The molecule has 0 N–H and O–H groups in total. The van der Waals surface area contributed by atoms with Gasteiger partial charge < -0.3 is 0 Å². The minimum atomic E-state index is 0.926. The maximum atomic E-state index is 2.39. The summed E-state index contributed by atoms with van der Waals surface area (Å²) in [5.41, 5.74) is 3.99. The number of fused-ring (bicyclic) bond motifs is 1. The van der Waals surface area contributed by atoms with E-state index in [0.29, 0.717) is 0 Å². The number of thioether (sulfide) groups is 1. The molecule has 3 aromatic rings. The van der Waals surface area contributed by atoms with E-state index in [4.69, 9.17) is 0 Å². The van der Waals surface area contributed by atoms with Gasteiger partial charge in [0.15, 0.2) is 11.0 Å². The molecule has 24 heavy (non-hydrogen) atoms. The predicted octanol–water partition coefficient (Wildman–Crippen LogP) is 5.25. The van der Waals surface area contributed by atoms with Crippen LogP contribution in [0.2, 0.25) is 0 Å². The van der Waals surface area contributed by atoms with Crippen molar-refractivity contribution in [3.63, 3.8) is 0 Å². The largest absolute Gasteiger partial charge is 0.245 e. The van der Waals surface area contributed by atoms with Crippen LogP contribution in [0, 0.1) is 0 Å². The molecule has 0 aliphatic heterocycles. The highest BCUT2D eigenvalue weighted by atomic mass is 32.2. The number of rotatable bonds is 9. The molecule has 0 atom stereocenters. The van der Waals surface area contributed by atoms with E-state index >= 15 is 0 Å². The molecule has 0 saturated carbocycles. The Morgan fingerprint density at radius 3 is 2.54 bits per heavy atom. The summed E-state index contributed by atoms with van der Waals surface area (Å²) in [5, 5.41) is 0. The molecule has 1 aromatic heterocycles. The fraction of sp³-hybridized carbons (Fsp3) is 0.381. The Balaban J connectivity index is 1.69. The van der Waals surface area contributed by atoms with Crippen molar-refractivity contribution in [2.45, 2.75) is 45.0 Å². The number of nitrogens with zero attached hydrogens (tertiary/aromatic N) is 2. The molecule has 1 heterocycles. The molecule has 3 rings (SSSR count). The number of para-hydroxylation sites is 2. The second kappa shape index (κ2) is 8.93. The monoisotopic (exact) mass is 339 g/mol. The molecule has 2 aromatic carbocycles. The summed E-state index contributed by atoms with van der Waals surface area (Å²) in [6.07, 6.45) is 7.65. The number of benzene rings is 2. The second-order valence-corrected chi connectivity index (χ2v) is 7.36. The van der Waals surface area contributed by atoms with Gasteiger partial charge in [0.05, 0.1) is 0 Å². The van der Waals surface area contributed by atoms with Crippen molar-refractivity contribution in [1.82, 2.24) is 4.57 Å². The predicted molar refractivity (Wildman–Crippen MR) is 104 cm³/mol. The summed E-state index contributed by atoms with van der Waals surface area (Å²) in [6.45, 7) is 3.19. The van der Waals surface area contributed by atoms with Crippen LogP contribution in [0.3, 0.4) is 0 Å². The first kappa shape index (κ1) is 17.1. The van der Waals surface area contributed by atoms with Gasteiger partial charge in [0.2, 0.25) is 6.33 Å². The standard InChI is InChI=1S/C21H27N2S/c1-2-3-4-10-15-24-18-23-17-22(16-19-11-6-5-7-12-19)20-13-8-9-14-21(20)23/h5-9,11-14,17H,2-4,10,15-16,18H2,1H3/q+1. The normalized spacial score (nSPS) is 11.2. The summed E-state index contributed by atoms with van der Waals surface area (Å²) < 4.78 is 4.76.